The van der Waals surface area contributed by atoms with Gasteiger partial charge in [-0.15, -0.1) is 0 Å². The highest BCUT2D eigenvalue weighted by Crippen LogP contribution is 2.26. The average molecular weight is 234 g/mol. The van der Waals surface area contributed by atoms with Crippen molar-refractivity contribution >= 4 is 5.82 Å². The van der Waals surface area contributed by atoms with Crippen molar-refractivity contribution in [1.82, 2.24) is 9.78 Å². The van der Waals surface area contributed by atoms with E-state index in [1.165, 1.54) is 0 Å². The van der Waals surface area contributed by atoms with Gasteiger partial charge >= 0.3 is 0 Å². The van der Waals surface area contributed by atoms with Gasteiger partial charge in [-0.25, -0.2) is 0 Å². The van der Waals surface area contributed by atoms with Gasteiger partial charge in [0, 0.05) is 13.6 Å². The highest BCUT2D eigenvalue weighted by Gasteiger charge is 2.28. The van der Waals surface area contributed by atoms with Gasteiger partial charge in [-0.3, -0.25) is 4.68 Å². The second-order valence-corrected chi connectivity index (χ2v) is 4.66. The standard InChI is InChI=1S/C12H18N4O/c1-8-7-17-9(2)6-16(8)12-11(5-13)10(3)14-15(12)4/h8-9H,6-7H2,1-4H3. The molecule has 0 amide bonds. The Bertz CT molecular complexity index is 460. The van der Waals surface area contributed by atoms with Crippen LogP contribution in [0.3, 0.4) is 0 Å². The van der Waals surface area contributed by atoms with E-state index in [2.05, 4.69) is 23.0 Å². The molecule has 0 radical (unpaired) electrons. The molecule has 2 rings (SSSR count). The van der Waals surface area contributed by atoms with Crippen LogP contribution in [0.1, 0.15) is 25.1 Å². The van der Waals surface area contributed by atoms with E-state index in [0.29, 0.717) is 12.2 Å². The van der Waals surface area contributed by atoms with Gasteiger partial charge in [0.25, 0.3) is 0 Å². The molecule has 17 heavy (non-hydrogen) atoms. The molecule has 0 spiro atoms. The lowest BCUT2D eigenvalue weighted by Gasteiger charge is -2.38. The van der Waals surface area contributed by atoms with Crippen molar-refractivity contribution in [3.8, 4) is 6.07 Å². The van der Waals surface area contributed by atoms with Gasteiger partial charge in [-0.2, -0.15) is 10.4 Å². The third-order valence-electron chi connectivity index (χ3n) is 3.18. The zero-order valence-electron chi connectivity index (χ0n) is 10.8. The van der Waals surface area contributed by atoms with E-state index in [4.69, 9.17) is 4.74 Å². The first kappa shape index (κ1) is 11.9. The SMILES string of the molecule is Cc1nn(C)c(N2CC(C)OCC2C)c1C#N. The predicted octanol–water partition coefficient (Wildman–Crippen LogP) is 1.21. The lowest BCUT2D eigenvalue weighted by Crippen LogP contribution is -2.48. The van der Waals surface area contributed by atoms with E-state index in [-0.39, 0.29) is 12.1 Å². The number of morpholine rings is 1. The van der Waals surface area contributed by atoms with Crippen LogP contribution in [0, 0.1) is 18.3 Å². The van der Waals surface area contributed by atoms with Crippen molar-refractivity contribution in [1.29, 1.82) is 5.26 Å². The molecule has 1 fully saturated rings. The summed E-state index contributed by atoms with van der Waals surface area (Å²) in [5, 5.41) is 13.6. The number of aryl methyl sites for hydroxylation is 2. The fourth-order valence-corrected chi connectivity index (χ4v) is 2.30. The number of hydrogen-bond acceptors (Lipinski definition) is 4. The summed E-state index contributed by atoms with van der Waals surface area (Å²) in [7, 11) is 1.88. The fourth-order valence-electron chi connectivity index (χ4n) is 2.30. The van der Waals surface area contributed by atoms with Crippen molar-refractivity contribution in [3.63, 3.8) is 0 Å². The van der Waals surface area contributed by atoms with Gasteiger partial charge in [-0.05, 0) is 20.8 Å². The topological polar surface area (TPSA) is 54.1 Å². The van der Waals surface area contributed by atoms with Crippen LogP contribution >= 0.6 is 0 Å². The maximum Gasteiger partial charge on any atom is 0.145 e. The molecule has 0 bridgehead atoms. The van der Waals surface area contributed by atoms with E-state index in [0.717, 1.165) is 18.1 Å². The maximum absolute atomic E-state index is 9.23. The number of rotatable bonds is 1. The third kappa shape index (κ3) is 2.01. The third-order valence-corrected chi connectivity index (χ3v) is 3.18. The molecule has 1 aliphatic heterocycles. The Hall–Kier alpha value is -1.54. The van der Waals surface area contributed by atoms with E-state index in [1.807, 2.05) is 20.9 Å². The van der Waals surface area contributed by atoms with E-state index >= 15 is 0 Å². The smallest absolute Gasteiger partial charge is 0.145 e. The van der Waals surface area contributed by atoms with Gasteiger partial charge in [0.2, 0.25) is 0 Å². The molecule has 1 aliphatic rings. The summed E-state index contributed by atoms with van der Waals surface area (Å²) in [6.07, 6.45) is 0.188. The van der Waals surface area contributed by atoms with Crippen LogP contribution in [-0.4, -0.2) is 35.1 Å². The molecule has 5 heteroatoms. The number of anilines is 1. The van der Waals surface area contributed by atoms with E-state index in [1.54, 1.807) is 4.68 Å². The number of ether oxygens (including phenoxy) is 1. The monoisotopic (exact) mass is 234 g/mol. The van der Waals surface area contributed by atoms with Gasteiger partial charge < -0.3 is 9.64 Å². The zero-order valence-corrected chi connectivity index (χ0v) is 10.8. The molecule has 1 saturated heterocycles. The number of nitriles is 1. The van der Waals surface area contributed by atoms with Gasteiger partial charge in [0.15, 0.2) is 0 Å². The minimum Gasteiger partial charge on any atom is -0.375 e. The minimum absolute atomic E-state index is 0.188. The van der Waals surface area contributed by atoms with Crippen molar-refractivity contribution < 1.29 is 4.74 Å². The second-order valence-electron chi connectivity index (χ2n) is 4.66. The molecule has 2 heterocycles. The van der Waals surface area contributed by atoms with Crippen LogP contribution in [-0.2, 0) is 11.8 Å². The number of aromatic nitrogens is 2. The first-order valence-electron chi connectivity index (χ1n) is 5.86. The van der Waals surface area contributed by atoms with E-state index in [9.17, 15) is 5.26 Å². The summed E-state index contributed by atoms with van der Waals surface area (Å²) in [5.41, 5.74) is 1.46. The highest BCUT2D eigenvalue weighted by atomic mass is 16.5. The quantitative estimate of drug-likeness (QED) is 0.733. The Balaban J connectivity index is 2.42. The molecule has 0 aliphatic carbocycles. The fraction of sp³-hybridized carbons (Fsp3) is 0.667. The summed E-state index contributed by atoms with van der Waals surface area (Å²) in [5.74, 6) is 0.910. The first-order valence-corrected chi connectivity index (χ1v) is 5.86. The molecule has 1 aromatic rings. The maximum atomic E-state index is 9.23. The summed E-state index contributed by atoms with van der Waals surface area (Å²) in [6.45, 7) is 7.52. The lowest BCUT2D eigenvalue weighted by molar-refractivity contribution is 0.0337. The zero-order chi connectivity index (χ0) is 12.6. The Labute approximate surface area is 102 Å². The second kappa shape index (κ2) is 4.38. The van der Waals surface area contributed by atoms with Gasteiger partial charge in [0.05, 0.1) is 24.4 Å². The molecule has 92 valence electrons. The summed E-state index contributed by atoms with van der Waals surface area (Å²) < 4.78 is 7.40. The molecule has 1 aromatic heterocycles. The van der Waals surface area contributed by atoms with Crippen LogP contribution in [0.2, 0.25) is 0 Å². The summed E-state index contributed by atoms with van der Waals surface area (Å²) in [6, 6.07) is 2.52. The number of nitrogens with zero attached hydrogens (tertiary/aromatic N) is 4. The highest BCUT2D eigenvalue weighted by molar-refractivity contribution is 5.57. The molecule has 2 atom stereocenters. The Kier molecular flexibility index (Phi) is 3.07. The van der Waals surface area contributed by atoms with Gasteiger partial charge in [-0.1, -0.05) is 0 Å². The van der Waals surface area contributed by atoms with Crippen LogP contribution < -0.4 is 4.90 Å². The molecular formula is C12H18N4O. The molecule has 0 aromatic carbocycles. The molecular weight excluding hydrogens is 216 g/mol. The first-order chi connectivity index (χ1) is 8.04. The normalized spacial score (nSPS) is 24.8. The predicted molar refractivity (Wildman–Crippen MR) is 64.9 cm³/mol. The minimum atomic E-state index is 0.188. The van der Waals surface area contributed by atoms with Crippen molar-refractivity contribution in [2.45, 2.75) is 32.9 Å². The number of hydrogen-bond donors (Lipinski definition) is 0. The van der Waals surface area contributed by atoms with Crippen LogP contribution in [0.5, 0.6) is 0 Å². The molecule has 0 N–H and O–H groups in total. The summed E-state index contributed by atoms with van der Waals surface area (Å²) in [4.78, 5) is 2.22. The van der Waals surface area contributed by atoms with Crippen LogP contribution in [0.25, 0.3) is 0 Å². The molecule has 5 nitrogen and oxygen atoms in total. The van der Waals surface area contributed by atoms with Crippen molar-refractivity contribution in [2.75, 3.05) is 18.1 Å². The van der Waals surface area contributed by atoms with Crippen molar-refractivity contribution in [2.24, 2.45) is 7.05 Å². The summed E-state index contributed by atoms with van der Waals surface area (Å²) >= 11 is 0. The Morgan fingerprint density at radius 2 is 2.18 bits per heavy atom. The lowest BCUT2D eigenvalue weighted by atomic mass is 10.1. The van der Waals surface area contributed by atoms with E-state index < -0.39 is 0 Å². The van der Waals surface area contributed by atoms with Crippen LogP contribution in [0.4, 0.5) is 5.82 Å². The van der Waals surface area contributed by atoms with Crippen molar-refractivity contribution in [3.05, 3.63) is 11.3 Å². The Morgan fingerprint density at radius 3 is 2.82 bits per heavy atom. The van der Waals surface area contributed by atoms with Gasteiger partial charge in [0.1, 0.15) is 17.5 Å². The molecule has 0 saturated carbocycles. The Morgan fingerprint density at radius 1 is 1.47 bits per heavy atom. The van der Waals surface area contributed by atoms with Crippen LogP contribution in [0.15, 0.2) is 0 Å². The molecule has 2 unspecified atom stereocenters. The largest absolute Gasteiger partial charge is 0.375 e. The average Bonchev–Trinajstić information content (AvgIpc) is 2.56.